The summed E-state index contributed by atoms with van der Waals surface area (Å²) < 4.78 is 0. The fourth-order valence-electron chi connectivity index (χ4n) is 2.03. The second kappa shape index (κ2) is 2.99. The Balaban J connectivity index is 2.39. The van der Waals surface area contributed by atoms with Gasteiger partial charge in [0.15, 0.2) is 0 Å². The van der Waals surface area contributed by atoms with Crippen molar-refractivity contribution in [3.8, 4) is 0 Å². The number of alkyl halides is 1. The van der Waals surface area contributed by atoms with E-state index in [1.165, 1.54) is 22.2 Å². The molecule has 70 valence electrons. The van der Waals surface area contributed by atoms with Crippen molar-refractivity contribution in [3.63, 3.8) is 0 Å². The largest absolute Gasteiger partial charge is 0.357 e. The summed E-state index contributed by atoms with van der Waals surface area (Å²) in [6, 6.07) is 8.45. The van der Waals surface area contributed by atoms with Gasteiger partial charge in [-0.1, -0.05) is 46.3 Å². The smallest absolute Gasteiger partial charge is 0.0586 e. The molecule has 2 heteroatoms. The lowest BCUT2D eigenvalue weighted by Gasteiger charge is -2.11. The Morgan fingerprint density at radius 2 is 2.14 bits per heavy atom. The molecule has 0 spiro atoms. The van der Waals surface area contributed by atoms with Gasteiger partial charge in [0.05, 0.1) is 4.83 Å². The molecular weight excluding hydrogens is 238 g/mol. The lowest BCUT2D eigenvalue weighted by molar-refractivity contribution is 0.939. The van der Waals surface area contributed by atoms with E-state index < -0.39 is 0 Å². The van der Waals surface area contributed by atoms with Crippen LogP contribution in [-0.4, -0.2) is 4.98 Å². The number of allylic oxidation sites excluding steroid dienone is 1. The summed E-state index contributed by atoms with van der Waals surface area (Å²) in [6.45, 7) is 0. The number of nitrogens with one attached hydrogen (secondary N) is 1. The van der Waals surface area contributed by atoms with E-state index in [9.17, 15) is 0 Å². The lowest BCUT2D eigenvalue weighted by atomic mass is 10.0. The number of aromatic nitrogens is 1. The van der Waals surface area contributed by atoms with E-state index in [1.54, 1.807) is 0 Å². The van der Waals surface area contributed by atoms with Gasteiger partial charge in [-0.3, -0.25) is 0 Å². The zero-order chi connectivity index (χ0) is 9.54. The number of para-hydroxylation sites is 1. The van der Waals surface area contributed by atoms with E-state index in [-0.39, 0.29) is 0 Å². The second-order valence-electron chi connectivity index (χ2n) is 3.60. The van der Waals surface area contributed by atoms with Gasteiger partial charge in [-0.25, -0.2) is 0 Å². The summed E-state index contributed by atoms with van der Waals surface area (Å²) in [5, 5.41) is 1.32. The Kier molecular flexibility index (Phi) is 1.77. The van der Waals surface area contributed by atoms with Crippen LogP contribution in [0.15, 0.2) is 30.3 Å². The number of rotatable bonds is 0. The molecule has 0 amide bonds. The lowest BCUT2D eigenvalue weighted by Crippen LogP contribution is -1.94. The normalized spacial score (nSPS) is 19.9. The second-order valence-corrected chi connectivity index (χ2v) is 4.71. The molecule has 0 bridgehead atoms. The van der Waals surface area contributed by atoms with Gasteiger partial charge in [0.2, 0.25) is 0 Å². The molecule has 1 N–H and O–H groups in total. The van der Waals surface area contributed by atoms with E-state index in [1.807, 2.05) is 0 Å². The third-order valence-electron chi connectivity index (χ3n) is 2.72. The van der Waals surface area contributed by atoms with Crippen LogP contribution < -0.4 is 0 Å². The van der Waals surface area contributed by atoms with Crippen molar-refractivity contribution in [2.24, 2.45) is 0 Å². The molecule has 3 rings (SSSR count). The maximum atomic E-state index is 3.68. The number of H-pyrrole nitrogens is 1. The first kappa shape index (κ1) is 8.30. The summed E-state index contributed by atoms with van der Waals surface area (Å²) in [4.78, 5) is 3.91. The summed E-state index contributed by atoms with van der Waals surface area (Å²) in [5.41, 5.74) is 3.89. The van der Waals surface area contributed by atoms with E-state index >= 15 is 0 Å². The van der Waals surface area contributed by atoms with E-state index in [4.69, 9.17) is 0 Å². The third-order valence-corrected chi connectivity index (χ3v) is 3.55. The van der Waals surface area contributed by atoms with Gasteiger partial charge in [-0.2, -0.15) is 0 Å². The molecule has 0 radical (unpaired) electrons. The summed E-state index contributed by atoms with van der Waals surface area (Å²) in [5.74, 6) is 0. The minimum Gasteiger partial charge on any atom is -0.357 e. The monoisotopic (exact) mass is 247 g/mol. The molecule has 1 aromatic carbocycles. The van der Waals surface area contributed by atoms with E-state index in [2.05, 4.69) is 57.3 Å². The van der Waals surface area contributed by atoms with Crippen molar-refractivity contribution in [1.82, 2.24) is 4.98 Å². The molecule has 0 saturated carbocycles. The Hall–Kier alpha value is -1.02. The van der Waals surface area contributed by atoms with Gasteiger partial charge in [0.1, 0.15) is 0 Å². The Morgan fingerprint density at radius 3 is 3.07 bits per heavy atom. The first-order valence-electron chi connectivity index (χ1n) is 4.77. The van der Waals surface area contributed by atoms with Crippen LogP contribution in [0.3, 0.4) is 0 Å². The van der Waals surface area contributed by atoms with Crippen LogP contribution in [0.4, 0.5) is 0 Å². The van der Waals surface area contributed by atoms with Crippen LogP contribution in [0.2, 0.25) is 0 Å². The molecule has 1 aliphatic rings. The number of hydrogen-bond acceptors (Lipinski definition) is 0. The summed E-state index contributed by atoms with van der Waals surface area (Å²) in [6.07, 6.45) is 5.51. The SMILES string of the molecule is BrC1CC=Cc2c1[nH]c1ccccc21. The average molecular weight is 248 g/mol. The first-order chi connectivity index (χ1) is 6.86. The average Bonchev–Trinajstić information content (AvgIpc) is 2.59. The van der Waals surface area contributed by atoms with Crippen LogP contribution in [0.25, 0.3) is 17.0 Å². The molecule has 2 aromatic rings. The van der Waals surface area contributed by atoms with Crippen LogP contribution in [-0.2, 0) is 0 Å². The highest BCUT2D eigenvalue weighted by molar-refractivity contribution is 9.09. The fourth-order valence-corrected chi connectivity index (χ4v) is 2.61. The van der Waals surface area contributed by atoms with Crippen molar-refractivity contribution in [2.75, 3.05) is 0 Å². The van der Waals surface area contributed by atoms with Crippen molar-refractivity contribution < 1.29 is 0 Å². The van der Waals surface area contributed by atoms with Gasteiger partial charge in [-0.15, -0.1) is 0 Å². The molecular formula is C12H10BrN. The predicted octanol–water partition coefficient (Wildman–Crippen LogP) is 4.02. The Labute approximate surface area is 91.0 Å². The van der Waals surface area contributed by atoms with Crippen LogP contribution in [0.1, 0.15) is 22.5 Å². The summed E-state index contributed by atoms with van der Waals surface area (Å²) >= 11 is 3.68. The van der Waals surface area contributed by atoms with Crippen molar-refractivity contribution in [1.29, 1.82) is 0 Å². The maximum absolute atomic E-state index is 3.68. The molecule has 1 aromatic heterocycles. The number of aromatic amines is 1. The standard InChI is InChI=1S/C12H10BrN/c13-10-6-3-5-9-8-4-1-2-7-11(8)14-12(9)10/h1-5,7,10,14H,6H2. The maximum Gasteiger partial charge on any atom is 0.0586 e. The first-order valence-corrected chi connectivity index (χ1v) is 5.69. The van der Waals surface area contributed by atoms with Crippen LogP contribution >= 0.6 is 15.9 Å². The minimum absolute atomic E-state index is 0.440. The topological polar surface area (TPSA) is 15.8 Å². The Morgan fingerprint density at radius 1 is 1.29 bits per heavy atom. The molecule has 1 heterocycles. The highest BCUT2D eigenvalue weighted by Crippen LogP contribution is 2.37. The minimum atomic E-state index is 0.440. The molecule has 1 aliphatic carbocycles. The van der Waals surface area contributed by atoms with Crippen molar-refractivity contribution >= 4 is 32.9 Å². The highest BCUT2D eigenvalue weighted by Gasteiger charge is 2.17. The van der Waals surface area contributed by atoms with Crippen molar-refractivity contribution in [3.05, 3.63) is 41.6 Å². The van der Waals surface area contributed by atoms with Crippen LogP contribution in [0, 0.1) is 0 Å². The van der Waals surface area contributed by atoms with E-state index in [0.29, 0.717) is 4.83 Å². The number of fused-ring (bicyclic) bond motifs is 3. The van der Waals surface area contributed by atoms with Gasteiger partial charge >= 0.3 is 0 Å². The van der Waals surface area contributed by atoms with E-state index in [0.717, 1.165) is 6.42 Å². The van der Waals surface area contributed by atoms with Gasteiger partial charge in [0, 0.05) is 22.2 Å². The van der Waals surface area contributed by atoms with Gasteiger partial charge in [-0.05, 0) is 12.5 Å². The molecule has 1 atom stereocenters. The van der Waals surface area contributed by atoms with Gasteiger partial charge in [0.25, 0.3) is 0 Å². The van der Waals surface area contributed by atoms with Crippen molar-refractivity contribution in [2.45, 2.75) is 11.2 Å². The molecule has 1 nitrogen and oxygen atoms in total. The highest BCUT2D eigenvalue weighted by atomic mass is 79.9. The summed E-state index contributed by atoms with van der Waals surface area (Å²) in [7, 11) is 0. The molecule has 14 heavy (non-hydrogen) atoms. The molecule has 0 aliphatic heterocycles. The zero-order valence-electron chi connectivity index (χ0n) is 7.63. The molecule has 0 saturated heterocycles. The number of hydrogen-bond donors (Lipinski definition) is 1. The number of halogens is 1. The predicted molar refractivity (Wildman–Crippen MR) is 63.6 cm³/mol. The zero-order valence-corrected chi connectivity index (χ0v) is 9.21. The Bertz CT molecular complexity index is 510. The quantitative estimate of drug-likeness (QED) is 0.677. The third kappa shape index (κ3) is 1.07. The fraction of sp³-hybridized carbons (Fsp3) is 0.167. The molecule has 1 unspecified atom stereocenters. The molecule has 0 fully saturated rings. The van der Waals surface area contributed by atoms with Gasteiger partial charge < -0.3 is 4.98 Å². The number of benzene rings is 1. The van der Waals surface area contributed by atoms with Crippen LogP contribution in [0.5, 0.6) is 0 Å².